The molecule has 204 valence electrons. The van der Waals surface area contributed by atoms with Gasteiger partial charge >= 0.3 is 0 Å². The Balaban J connectivity index is 1.06. The molecule has 2 amide bonds. The molecule has 9 heteroatoms. The van der Waals surface area contributed by atoms with Gasteiger partial charge in [-0.25, -0.2) is 4.39 Å². The second kappa shape index (κ2) is 8.16. The molecule has 0 aromatic heterocycles. The summed E-state index contributed by atoms with van der Waals surface area (Å²) < 4.78 is 26.3. The van der Waals surface area contributed by atoms with Gasteiger partial charge in [0.15, 0.2) is 11.6 Å². The molecule has 6 fully saturated rings. The summed E-state index contributed by atoms with van der Waals surface area (Å²) in [6.07, 6.45) is 8.49. The average Bonchev–Trinajstić information content (AvgIpc) is 3.32. The monoisotopic (exact) mass is 525 g/mol. The van der Waals surface area contributed by atoms with Gasteiger partial charge in [-0.15, -0.1) is 0 Å². The summed E-state index contributed by atoms with van der Waals surface area (Å²) in [7, 11) is 1.41. The first kappa shape index (κ1) is 24.4. The Morgan fingerprint density at radius 1 is 1.16 bits per heavy atom. The van der Waals surface area contributed by atoms with E-state index in [-0.39, 0.29) is 81.2 Å². The summed E-state index contributed by atoms with van der Waals surface area (Å²) in [4.78, 5) is 38.1. The van der Waals surface area contributed by atoms with Gasteiger partial charge in [0.1, 0.15) is 18.1 Å². The lowest BCUT2D eigenvalue weighted by Gasteiger charge is -2.39. The standard InChI is InChI=1S/C29H36FN3O5/c1-27(6-3-7-27)14-31-26(36)23-15-4-5-16(8-15)24(23)32-25(35)18-9-21(19(30)10-20(18)37-2)38-17-11-28-22(13-34)29(28,12-17)33-28/h9-10,13,15-17,22-24,33H,3-8,11-12,14H2,1-2H3,(H,31,36)(H,32,35). The Hall–Kier alpha value is -2.68. The normalized spacial score (nSPS) is 40.4. The Kier molecular flexibility index (Phi) is 5.23. The van der Waals surface area contributed by atoms with Gasteiger partial charge in [0.2, 0.25) is 5.91 Å². The molecule has 7 rings (SSSR count). The molecule has 5 saturated carbocycles. The third kappa shape index (κ3) is 3.39. The van der Waals surface area contributed by atoms with Gasteiger partial charge in [0.25, 0.3) is 5.91 Å². The first-order chi connectivity index (χ1) is 18.2. The fourth-order valence-corrected chi connectivity index (χ4v) is 8.54. The van der Waals surface area contributed by atoms with Gasteiger partial charge in [0, 0.05) is 31.5 Å². The lowest BCUT2D eigenvalue weighted by molar-refractivity contribution is -0.128. The van der Waals surface area contributed by atoms with Crippen LogP contribution in [0.1, 0.15) is 68.6 Å². The van der Waals surface area contributed by atoms with Gasteiger partial charge in [0.05, 0.1) is 35.6 Å². The molecule has 8 nitrogen and oxygen atoms in total. The Morgan fingerprint density at radius 2 is 1.89 bits per heavy atom. The van der Waals surface area contributed by atoms with E-state index >= 15 is 0 Å². The highest BCUT2D eigenvalue weighted by molar-refractivity contribution is 5.98. The molecule has 2 bridgehead atoms. The molecule has 0 radical (unpaired) electrons. The van der Waals surface area contributed by atoms with E-state index in [0.717, 1.165) is 38.4 Å². The van der Waals surface area contributed by atoms with Crippen LogP contribution in [-0.4, -0.2) is 55.0 Å². The Labute approximate surface area is 221 Å². The van der Waals surface area contributed by atoms with Crippen molar-refractivity contribution >= 4 is 18.1 Å². The van der Waals surface area contributed by atoms with Crippen LogP contribution >= 0.6 is 0 Å². The lowest BCUT2D eigenvalue weighted by Crippen LogP contribution is -2.51. The molecule has 6 aliphatic rings. The van der Waals surface area contributed by atoms with Crippen LogP contribution in [0.15, 0.2) is 12.1 Å². The minimum Gasteiger partial charge on any atom is -0.496 e. The molecule has 6 atom stereocenters. The molecule has 3 N–H and O–H groups in total. The first-order valence-corrected chi connectivity index (χ1v) is 14.1. The summed E-state index contributed by atoms with van der Waals surface area (Å²) in [5.74, 6) is -0.498. The van der Waals surface area contributed by atoms with Crippen LogP contribution in [0.25, 0.3) is 0 Å². The number of carbonyl (C=O) groups excluding carboxylic acids is 3. The molecule has 1 heterocycles. The van der Waals surface area contributed by atoms with Crippen LogP contribution in [0.2, 0.25) is 0 Å². The van der Waals surface area contributed by atoms with Gasteiger partial charge in [-0.3, -0.25) is 9.59 Å². The van der Waals surface area contributed by atoms with E-state index < -0.39 is 5.82 Å². The van der Waals surface area contributed by atoms with Gasteiger partial charge in [-0.05, 0) is 55.4 Å². The number of piperidine rings is 1. The van der Waals surface area contributed by atoms with Crippen LogP contribution in [0.5, 0.6) is 11.5 Å². The number of hydrogen-bond donors (Lipinski definition) is 3. The molecule has 1 aromatic carbocycles. The third-order valence-electron chi connectivity index (χ3n) is 11.0. The fourth-order valence-electron chi connectivity index (χ4n) is 8.54. The predicted octanol–water partition coefficient (Wildman–Crippen LogP) is 2.74. The van der Waals surface area contributed by atoms with E-state index in [1.807, 2.05) is 0 Å². The highest BCUT2D eigenvalue weighted by Crippen LogP contribution is 2.76. The number of amides is 2. The number of methoxy groups -OCH3 is 1. The topological polar surface area (TPSA) is 116 Å². The van der Waals surface area contributed by atoms with Gasteiger partial charge < -0.3 is 30.2 Å². The van der Waals surface area contributed by atoms with Crippen molar-refractivity contribution in [2.24, 2.45) is 29.1 Å². The van der Waals surface area contributed by atoms with Crippen LogP contribution in [0, 0.1) is 34.9 Å². The number of halogens is 1. The predicted molar refractivity (Wildman–Crippen MR) is 135 cm³/mol. The van der Waals surface area contributed by atoms with Crippen LogP contribution in [0.4, 0.5) is 4.39 Å². The second-order valence-corrected chi connectivity index (χ2v) is 13.1. The fraction of sp³-hybridized carbons (Fsp3) is 0.690. The van der Waals surface area contributed by atoms with Crippen molar-refractivity contribution in [2.45, 2.75) is 81.5 Å². The molecule has 1 aliphatic heterocycles. The maximum absolute atomic E-state index is 14.9. The third-order valence-corrected chi connectivity index (χ3v) is 11.0. The summed E-state index contributed by atoms with van der Waals surface area (Å²) >= 11 is 0. The second-order valence-electron chi connectivity index (χ2n) is 13.1. The highest BCUT2D eigenvalue weighted by Gasteiger charge is 2.94. The van der Waals surface area contributed by atoms with Crippen LogP contribution in [-0.2, 0) is 9.59 Å². The van der Waals surface area contributed by atoms with E-state index in [4.69, 9.17) is 9.47 Å². The Bertz CT molecular complexity index is 1200. The molecule has 6 unspecified atom stereocenters. The maximum atomic E-state index is 14.9. The minimum absolute atomic E-state index is 0.00748. The SMILES string of the molecule is COc1cc(F)c(OC2CC34NC3(C2)C4C=O)cc1C(=O)NC1C2CCC(C2)C1C(=O)NCC1(C)CCC1. The quantitative estimate of drug-likeness (QED) is 0.337. The van der Waals surface area contributed by atoms with E-state index in [2.05, 4.69) is 22.9 Å². The Morgan fingerprint density at radius 3 is 2.55 bits per heavy atom. The van der Waals surface area contributed by atoms with Crippen molar-refractivity contribution in [3.63, 3.8) is 0 Å². The van der Waals surface area contributed by atoms with E-state index in [1.165, 1.54) is 25.7 Å². The van der Waals surface area contributed by atoms with Crippen molar-refractivity contribution in [3.8, 4) is 11.5 Å². The molecule has 0 spiro atoms. The first-order valence-electron chi connectivity index (χ1n) is 14.1. The number of nitrogens with one attached hydrogen (secondary N) is 3. The van der Waals surface area contributed by atoms with Crippen molar-refractivity contribution in [1.29, 1.82) is 0 Å². The summed E-state index contributed by atoms with van der Waals surface area (Å²) in [6, 6.07) is 2.35. The lowest BCUT2D eigenvalue weighted by atomic mass is 9.70. The van der Waals surface area contributed by atoms with Crippen LogP contribution in [0.3, 0.4) is 0 Å². The number of aldehydes is 1. The van der Waals surface area contributed by atoms with E-state index in [9.17, 15) is 18.8 Å². The van der Waals surface area contributed by atoms with Crippen molar-refractivity contribution in [3.05, 3.63) is 23.5 Å². The van der Waals surface area contributed by atoms with Crippen molar-refractivity contribution in [1.82, 2.24) is 16.0 Å². The zero-order chi connectivity index (χ0) is 26.4. The van der Waals surface area contributed by atoms with E-state index in [1.54, 1.807) is 0 Å². The summed E-state index contributed by atoms with van der Waals surface area (Å²) in [5, 5.41) is 9.68. The van der Waals surface area contributed by atoms with Crippen molar-refractivity contribution < 1.29 is 28.2 Å². The molecular weight excluding hydrogens is 489 g/mol. The van der Waals surface area contributed by atoms with Gasteiger partial charge in [-0.2, -0.15) is 0 Å². The number of ether oxygens (including phenoxy) is 2. The van der Waals surface area contributed by atoms with Gasteiger partial charge in [-0.1, -0.05) is 13.3 Å². The largest absolute Gasteiger partial charge is 0.496 e. The number of fused-ring (bicyclic) bond motifs is 2. The molecular formula is C29H36FN3O5. The number of benzene rings is 1. The summed E-state index contributed by atoms with van der Waals surface area (Å²) in [6.45, 7) is 2.89. The maximum Gasteiger partial charge on any atom is 0.255 e. The number of carbonyl (C=O) groups is 3. The zero-order valence-corrected chi connectivity index (χ0v) is 22.0. The number of hydrogen-bond acceptors (Lipinski definition) is 6. The van der Waals surface area contributed by atoms with E-state index in [0.29, 0.717) is 19.4 Å². The molecule has 38 heavy (non-hydrogen) atoms. The average molecular weight is 526 g/mol. The number of rotatable bonds is 9. The zero-order valence-electron chi connectivity index (χ0n) is 22.0. The van der Waals surface area contributed by atoms with Crippen molar-refractivity contribution in [2.75, 3.05) is 13.7 Å². The highest BCUT2D eigenvalue weighted by atomic mass is 19.1. The molecule has 5 aliphatic carbocycles. The minimum atomic E-state index is -0.593. The van der Waals surface area contributed by atoms with Crippen LogP contribution < -0.4 is 25.4 Å². The molecule has 1 aromatic rings. The summed E-state index contributed by atoms with van der Waals surface area (Å²) in [5.41, 5.74) is 0.0426. The molecule has 1 saturated heterocycles. The smallest absolute Gasteiger partial charge is 0.255 e.